The van der Waals surface area contributed by atoms with Gasteiger partial charge in [0, 0.05) is 37.6 Å². The molecule has 1 aromatic carbocycles. The number of halogens is 1. The van der Waals surface area contributed by atoms with Crippen molar-refractivity contribution < 1.29 is 14.7 Å². The average molecular weight is 355 g/mol. The third-order valence-corrected chi connectivity index (χ3v) is 4.15. The number of rotatable bonds is 4. The first-order valence-electron chi connectivity index (χ1n) is 6.92. The number of urea groups is 1. The zero-order valence-corrected chi connectivity index (χ0v) is 13.5. The molecule has 5 nitrogen and oxygen atoms in total. The second-order valence-electron chi connectivity index (χ2n) is 5.47. The molecule has 1 heterocycles. The van der Waals surface area contributed by atoms with Crippen molar-refractivity contribution in [1.29, 1.82) is 0 Å². The highest BCUT2D eigenvalue weighted by Gasteiger charge is 2.29. The van der Waals surface area contributed by atoms with Gasteiger partial charge < -0.3 is 14.9 Å². The largest absolute Gasteiger partial charge is 0.481 e. The molecule has 1 N–H and O–H groups in total. The minimum atomic E-state index is -0.795. The Morgan fingerprint density at radius 2 is 2.24 bits per heavy atom. The van der Waals surface area contributed by atoms with E-state index in [1.54, 1.807) is 16.8 Å². The normalized spacial score (nSPS) is 17.8. The monoisotopic (exact) mass is 354 g/mol. The summed E-state index contributed by atoms with van der Waals surface area (Å²) in [7, 11) is 1.77. The van der Waals surface area contributed by atoms with E-state index in [1.807, 2.05) is 24.3 Å². The highest BCUT2D eigenvalue weighted by Crippen LogP contribution is 2.21. The van der Waals surface area contributed by atoms with Crippen molar-refractivity contribution in [3.8, 4) is 0 Å². The molecular weight excluding hydrogens is 336 g/mol. The first kappa shape index (κ1) is 15.8. The Balaban J connectivity index is 1.90. The predicted molar refractivity (Wildman–Crippen MR) is 82.9 cm³/mol. The molecule has 0 aliphatic carbocycles. The van der Waals surface area contributed by atoms with Gasteiger partial charge in [-0.25, -0.2) is 4.79 Å². The summed E-state index contributed by atoms with van der Waals surface area (Å²) in [6.45, 7) is 1.71. The fourth-order valence-corrected chi connectivity index (χ4v) is 3.08. The maximum absolute atomic E-state index is 12.4. The van der Waals surface area contributed by atoms with Gasteiger partial charge in [-0.05, 0) is 30.0 Å². The Kier molecular flexibility index (Phi) is 5.22. The van der Waals surface area contributed by atoms with Crippen molar-refractivity contribution in [3.05, 3.63) is 34.3 Å². The molecule has 1 saturated heterocycles. The number of carboxylic acids is 1. The van der Waals surface area contributed by atoms with Crippen LogP contribution in [0.5, 0.6) is 0 Å². The zero-order valence-electron chi connectivity index (χ0n) is 12.0. The number of likely N-dealkylation sites (tertiary alicyclic amines) is 1. The van der Waals surface area contributed by atoms with Crippen LogP contribution in [0.2, 0.25) is 0 Å². The Morgan fingerprint density at radius 1 is 1.48 bits per heavy atom. The van der Waals surface area contributed by atoms with Crippen molar-refractivity contribution in [2.24, 2.45) is 5.92 Å². The molecule has 1 atom stereocenters. The lowest BCUT2D eigenvalue weighted by Gasteiger charge is -2.24. The Hall–Kier alpha value is -1.56. The summed E-state index contributed by atoms with van der Waals surface area (Å²) >= 11 is 3.42. The molecule has 1 aliphatic heterocycles. The number of aliphatic carboxylic acids is 1. The van der Waals surface area contributed by atoms with E-state index >= 15 is 0 Å². The average Bonchev–Trinajstić information content (AvgIpc) is 2.85. The van der Waals surface area contributed by atoms with Crippen molar-refractivity contribution in [1.82, 2.24) is 9.80 Å². The molecule has 0 radical (unpaired) electrons. The van der Waals surface area contributed by atoms with Crippen LogP contribution in [0.15, 0.2) is 28.7 Å². The fraction of sp³-hybridized carbons (Fsp3) is 0.467. The van der Waals surface area contributed by atoms with Gasteiger partial charge in [0.2, 0.25) is 0 Å². The number of benzene rings is 1. The van der Waals surface area contributed by atoms with E-state index in [0.29, 0.717) is 19.6 Å². The highest BCUT2D eigenvalue weighted by atomic mass is 79.9. The number of hydrogen-bond donors (Lipinski definition) is 1. The van der Waals surface area contributed by atoms with Crippen LogP contribution in [0.25, 0.3) is 0 Å². The summed E-state index contributed by atoms with van der Waals surface area (Å²) in [4.78, 5) is 26.5. The first-order valence-corrected chi connectivity index (χ1v) is 7.71. The van der Waals surface area contributed by atoms with Crippen molar-refractivity contribution in [2.75, 3.05) is 20.1 Å². The number of nitrogens with zero attached hydrogens (tertiary/aromatic N) is 2. The van der Waals surface area contributed by atoms with Crippen molar-refractivity contribution in [3.63, 3.8) is 0 Å². The molecule has 114 valence electrons. The molecule has 2 amide bonds. The molecule has 21 heavy (non-hydrogen) atoms. The quantitative estimate of drug-likeness (QED) is 0.904. The Bertz CT molecular complexity index is 535. The molecule has 0 aromatic heterocycles. The number of amides is 2. The molecule has 1 aliphatic rings. The van der Waals surface area contributed by atoms with Gasteiger partial charge in [-0.2, -0.15) is 0 Å². The molecule has 1 fully saturated rings. The lowest BCUT2D eigenvalue weighted by atomic mass is 10.1. The summed E-state index contributed by atoms with van der Waals surface area (Å²) in [5, 5.41) is 8.81. The molecule has 1 aromatic rings. The van der Waals surface area contributed by atoms with Gasteiger partial charge in [-0.1, -0.05) is 28.1 Å². The van der Waals surface area contributed by atoms with E-state index in [9.17, 15) is 9.59 Å². The number of hydrogen-bond acceptors (Lipinski definition) is 2. The number of carbonyl (C=O) groups excluding carboxylic acids is 1. The van der Waals surface area contributed by atoms with Gasteiger partial charge in [0.15, 0.2) is 0 Å². The third kappa shape index (κ3) is 4.46. The van der Waals surface area contributed by atoms with Crippen LogP contribution in [0.4, 0.5) is 4.79 Å². The fourth-order valence-electron chi connectivity index (χ4n) is 2.64. The molecule has 1 unspecified atom stereocenters. The van der Waals surface area contributed by atoms with E-state index in [2.05, 4.69) is 15.9 Å². The van der Waals surface area contributed by atoms with Crippen LogP contribution in [-0.4, -0.2) is 47.0 Å². The molecule has 0 spiro atoms. The van der Waals surface area contributed by atoms with Crippen molar-refractivity contribution in [2.45, 2.75) is 19.4 Å². The van der Waals surface area contributed by atoms with Crippen LogP contribution in [0.1, 0.15) is 18.4 Å². The minimum Gasteiger partial charge on any atom is -0.481 e. The van der Waals surface area contributed by atoms with E-state index < -0.39 is 5.97 Å². The molecule has 6 heteroatoms. The van der Waals surface area contributed by atoms with Crippen LogP contribution in [-0.2, 0) is 11.3 Å². The highest BCUT2D eigenvalue weighted by molar-refractivity contribution is 9.10. The van der Waals surface area contributed by atoms with Gasteiger partial charge >= 0.3 is 12.0 Å². The summed E-state index contributed by atoms with van der Waals surface area (Å²) in [5.41, 5.74) is 1.06. The third-order valence-electron chi connectivity index (χ3n) is 3.65. The standard InChI is InChI=1S/C15H19BrN2O3/c1-17(9-11-3-2-4-13(16)7-11)15(21)18-6-5-12(10-18)8-14(19)20/h2-4,7,12H,5-6,8-10H2,1H3,(H,19,20). The number of carboxylic acid groups (broad SMARTS) is 1. The van der Waals surface area contributed by atoms with Gasteiger partial charge in [0.25, 0.3) is 0 Å². The predicted octanol–water partition coefficient (Wildman–Crippen LogP) is 2.80. The van der Waals surface area contributed by atoms with E-state index in [4.69, 9.17) is 5.11 Å². The Morgan fingerprint density at radius 3 is 2.90 bits per heavy atom. The number of carbonyl (C=O) groups is 2. The second kappa shape index (κ2) is 6.93. The van der Waals surface area contributed by atoms with Crippen molar-refractivity contribution >= 4 is 27.9 Å². The summed E-state index contributed by atoms with van der Waals surface area (Å²) in [5.74, 6) is -0.720. The lowest BCUT2D eigenvalue weighted by molar-refractivity contribution is -0.138. The molecule has 0 bridgehead atoms. The smallest absolute Gasteiger partial charge is 0.320 e. The second-order valence-corrected chi connectivity index (χ2v) is 6.38. The lowest BCUT2D eigenvalue weighted by Crippen LogP contribution is -2.39. The van der Waals surface area contributed by atoms with E-state index in [0.717, 1.165) is 16.5 Å². The summed E-state index contributed by atoms with van der Waals surface area (Å²) in [6, 6.07) is 7.81. The van der Waals surface area contributed by atoms with Gasteiger partial charge in [-0.3, -0.25) is 4.79 Å². The van der Waals surface area contributed by atoms with Gasteiger partial charge in [-0.15, -0.1) is 0 Å². The topological polar surface area (TPSA) is 60.9 Å². The van der Waals surface area contributed by atoms with E-state index in [1.165, 1.54) is 0 Å². The van der Waals surface area contributed by atoms with Gasteiger partial charge in [0.1, 0.15) is 0 Å². The summed E-state index contributed by atoms with van der Waals surface area (Å²) < 4.78 is 0.989. The van der Waals surface area contributed by atoms with Gasteiger partial charge in [0.05, 0.1) is 0 Å². The maximum atomic E-state index is 12.4. The zero-order chi connectivity index (χ0) is 15.4. The first-order chi connectivity index (χ1) is 9.95. The Labute approximate surface area is 132 Å². The van der Waals surface area contributed by atoms with Crippen LogP contribution >= 0.6 is 15.9 Å². The van der Waals surface area contributed by atoms with Crippen LogP contribution in [0, 0.1) is 5.92 Å². The minimum absolute atomic E-state index is 0.0390. The SMILES string of the molecule is CN(Cc1cccc(Br)c1)C(=O)N1CCC(CC(=O)O)C1. The van der Waals surface area contributed by atoms with Crippen LogP contribution < -0.4 is 0 Å². The molecule has 0 saturated carbocycles. The maximum Gasteiger partial charge on any atom is 0.320 e. The molecular formula is C15H19BrN2O3. The van der Waals surface area contributed by atoms with E-state index in [-0.39, 0.29) is 18.4 Å². The van der Waals surface area contributed by atoms with Crippen LogP contribution in [0.3, 0.4) is 0 Å². The molecule has 2 rings (SSSR count). The summed E-state index contributed by atoms with van der Waals surface area (Å²) in [6.07, 6.45) is 0.905.